The first-order valence-corrected chi connectivity index (χ1v) is 12.1. The number of hydrogen-bond acceptors (Lipinski definition) is 6. The highest BCUT2D eigenvalue weighted by atomic mass is 16.5. The summed E-state index contributed by atoms with van der Waals surface area (Å²) in [6.07, 6.45) is 5.96. The third kappa shape index (κ3) is 5.60. The first kappa shape index (κ1) is 23.0. The molecule has 176 valence electrons. The van der Waals surface area contributed by atoms with Gasteiger partial charge < -0.3 is 15.4 Å². The number of amides is 2. The second-order valence-electron chi connectivity index (χ2n) is 9.26. The van der Waals surface area contributed by atoms with Crippen molar-refractivity contribution in [2.45, 2.75) is 56.7 Å². The number of benzene rings is 1. The molecule has 8 heteroatoms. The van der Waals surface area contributed by atoms with E-state index in [1.54, 1.807) is 7.05 Å². The fourth-order valence-electron chi connectivity index (χ4n) is 5.47. The molecule has 8 nitrogen and oxygen atoms in total. The molecule has 1 aromatic carbocycles. The van der Waals surface area contributed by atoms with Crippen LogP contribution in [0.4, 0.5) is 0 Å². The van der Waals surface area contributed by atoms with Gasteiger partial charge in [0.1, 0.15) is 11.8 Å². The summed E-state index contributed by atoms with van der Waals surface area (Å²) < 4.78 is 5.70. The van der Waals surface area contributed by atoms with E-state index in [4.69, 9.17) is 4.74 Å². The van der Waals surface area contributed by atoms with Gasteiger partial charge in [-0.2, -0.15) is 0 Å². The van der Waals surface area contributed by atoms with E-state index in [9.17, 15) is 9.59 Å². The van der Waals surface area contributed by atoms with Crippen molar-refractivity contribution in [3.63, 3.8) is 0 Å². The minimum absolute atomic E-state index is 0.0600. The van der Waals surface area contributed by atoms with Gasteiger partial charge in [0, 0.05) is 38.1 Å². The van der Waals surface area contributed by atoms with E-state index >= 15 is 0 Å². The van der Waals surface area contributed by atoms with E-state index in [0.29, 0.717) is 31.2 Å². The number of likely N-dealkylation sites (tertiary alicyclic amines) is 1. The quantitative estimate of drug-likeness (QED) is 0.449. The van der Waals surface area contributed by atoms with Crippen molar-refractivity contribution < 1.29 is 14.3 Å². The Morgan fingerprint density at radius 1 is 1.12 bits per heavy atom. The summed E-state index contributed by atoms with van der Waals surface area (Å²) in [7, 11) is 1.69. The van der Waals surface area contributed by atoms with Crippen LogP contribution in [0.1, 0.15) is 38.5 Å². The molecular weight excluding hydrogens is 406 g/mol. The monoisotopic (exact) mass is 443 g/mol. The normalized spacial score (nSPS) is 30.3. The highest BCUT2D eigenvalue weighted by Crippen LogP contribution is 2.34. The Kier molecular flexibility index (Phi) is 8.00. The van der Waals surface area contributed by atoms with E-state index in [1.807, 2.05) is 30.3 Å². The van der Waals surface area contributed by atoms with Crippen LogP contribution in [0.3, 0.4) is 0 Å². The molecule has 3 fully saturated rings. The number of para-hydroxylation sites is 1. The lowest BCUT2D eigenvalue weighted by atomic mass is 9.78. The topological polar surface area (TPSA) is 94.7 Å². The molecule has 0 bridgehead atoms. The molecule has 1 aliphatic carbocycles. The molecule has 4 N–H and O–H groups in total. The standard InChI is InChI=1S/C24H37N5O3/c1-25-24(31)22-20-11-10-18(15-21(20)27-28-22)29-13-5-7-17(16-29)23(30)26-12-6-14-32-19-8-3-2-4-9-19/h2-4,8-9,17-18,20-22,27-28H,5-7,10-16H2,1H3,(H,25,31)(H,26,30). The molecule has 3 aliphatic rings. The summed E-state index contributed by atoms with van der Waals surface area (Å²) in [6.45, 7) is 3.14. The number of hydrazine groups is 1. The Morgan fingerprint density at radius 3 is 2.78 bits per heavy atom. The van der Waals surface area contributed by atoms with Crippen molar-refractivity contribution in [3.8, 4) is 5.75 Å². The summed E-state index contributed by atoms with van der Waals surface area (Å²) in [5.41, 5.74) is 6.54. The second kappa shape index (κ2) is 11.1. The Hall–Kier alpha value is -2.16. The maximum Gasteiger partial charge on any atom is 0.238 e. The van der Waals surface area contributed by atoms with Crippen LogP contribution in [0.15, 0.2) is 30.3 Å². The van der Waals surface area contributed by atoms with Gasteiger partial charge in [-0.3, -0.25) is 19.9 Å². The van der Waals surface area contributed by atoms with Crippen molar-refractivity contribution in [2.75, 3.05) is 33.3 Å². The lowest BCUT2D eigenvalue weighted by molar-refractivity contribution is -0.127. The highest BCUT2D eigenvalue weighted by Gasteiger charge is 2.44. The van der Waals surface area contributed by atoms with Gasteiger partial charge in [-0.15, -0.1) is 0 Å². The number of ether oxygens (including phenoxy) is 1. The van der Waals surface area contributed by atoms with Crippen molar-refractivity contribution >= 4 is 11.8 Å². The lowest BCUT2D eigenvalue weighted by Gasteiger charge is -2.42. The van der Waals surface area contributed by atoms with E-state index in [2.05, 4.69) is 26.4 Å². The van der Waals surface area contributed by atoms with Gasteiger partial charge in [0.25, 0.3) is 0 Å². The molecule has 2 aliphatic heterocycles. The average molecular weight is 444 g/mol. The minimum atomic E-state index is -0.142. The van der Waals surface area contributed by atoms with Crippen LogP contribution in [-0.2, 0) is 9.59 Å². The molecule has 1 aromatic rings. The molecule has 2 saturated heterocycles. The van der Waals surface area contributed by atoms with Gasteiger partial charge in [0.2, 0.25) is 11.8 Å². The van der Waals surface area contributed by atoms with Gasteiger partial charge in [0.15, 0.2) is 0 Å². The Bertz CT molecular complexity index is 761. The molecule has 32 heavy (non-hydrogen) atoms. The zero-order valence-corrected chi connectivity index (χ0v) is 19.0. The number of rotatable bonds is 8. The van der Waals surface area contributed by atoms with Gasteiger partial charge >= 0.3 is 0 Å². The number of hydrogen-bond donors (Lipinski definition) is 4. The molecule has 5 unspecified atom stereocenters. The van der Waals surface area contributed by atoms with Crippen LogP contribution >= 0.6 is 0 Å². The third-order valence-electron chi connectivity index (χ3n) is 7.23. The van der Waals surface area contributed by atoms with Crippen LogP contribution in [0.2, 0.25) is 0 Å². The molecule has 2 amide bonds. The SMILES string of the molecule is CNC(=O)C1NNC2CC(N3CCCC(C(=O)NCCCOc4ccccc4)C3)CCC21. The van der Waals surface area contributed by atoms with Crippen molar-refractivity contribution in [2.24, 2.45) is 11.8 Å². The van der Waals surface area contributed by atoms with Gasteiger partial charge in [-0.25, -0.2) is 5.43 Å². The Labute approximate surface area is 190 Å². The van der Waals surface area contributed by atoms with Crippen LogP contribution in [0.5, 0.6) is 5.75 Å². The van der Waals surface area contributed by atoms with Crippen LogP contribution in [-0.4, -0.2) is 68.1 Å². The van der Waals surface area contributed by atoms with Crippen molar-refractivity contribution in [1.82, 2.24) is 26.4 Å². The summed E-state index contributed by atoms with van der Waals surface area (Å²) in [4.78, 5) is 27.4. The number of carbonyl (C=O) groups excluding carboxylic acids is 2. The number of nitrogens with one attached hydrogen (secondary N) is 4. The number of carbonyl (C=O) groups is 2. The van der Waals surface area contributed by atoms with Gasteiger partial charge in [-0.05, 0) is 57.2 Å². The van der Waals surface area contributed by atoms with E-state index in [0.717, 1.165) is 57.4 Å². The third-order valence-corrected chi connectivity index (χ3v) is 7.23. The molecule has 4 rings (SSSR count). The van der Waals surface area contributed by atoms with Crippen LogP contribution in [0, 0.1) is 11.8 Å². The predicted octanol–water partition coefficient (Wildman–Crippen LogP) is 1.04. The Morgan fingerprint density at radius 2 is 1.97 bits per heavy atom. The fraction of sp³-hybridized carbons (Fsp3) is 0.667. The highest BCUT2D eigenvalue weighted by molar-refractivity contribution is 5.82. The first-order chi connectivity index (χ1) is 15.7. The Balaban J connectivity index is 1.18. The molecule has 0 spiro atoms. The number of piperidine rings is 1. The summed E-state index contributed by atoms with van der Waals surface area (Å²) in [5.74, 6) is 1.50. The second-order valence-corrected chi connectivity index (χ2v) is 9.26. The molecule has 5 atom stereocenters. The fourth-order valence-corrected chi connectivity index (χ4v) is 5.47. The zero-order chi connectivity index (χ0) is 22.3. The summed E-state index contributed by atoms with van der Waals surface area (Å²) in [5, 5.41) is 5.87. The molecule has 0 radical (unpaired) electrons. The lowest BCUT2D eigenvalue weighted by Crippen LogP contribution is -2.51. The average Bonchev–Trinajstić information content (AvgIpc) is 3.27. The number of fused-ring (bicyclic) bond motifs is 1. The van der Waals surface area contributed by atoms with Gasteiger partial charge in [0.05, 0.1) is 12.5 Å². The van der Waals surface area contributed by atoms with Crippen LogP contribution < -0.4 is 26.2 Å². The van der Waals surface area contributed by atoms with Crippen LogP contribution in [0.25, 0.3) is 0 Å². The molecule has 2 heterocycles. The molecule has 0 aromatic heterocycles. The number of nitrogens with zero attached hydrogens (tertiary/aromatic N) is 1. The van der Waals surface area contributed by atoms with E-state index in [1.165, 1.54) is 0 Å². The van der Waals surface area contributed by atoms with E-state index in [-0.39, 0.29) is 23.8 Å². The largest absolute Gasteiger partial charge is 0.494 e. The number of likely N-dealkylation sites (N-methyl/N-ethyl adjacent to an activating group) is 1. The molecule has 1 saturated carbocycles. The maximum absolute atomic E-state index is 12.7. The zero-order valence-electron chi connectivity index (χ0n) is 19.0. The smallest absolute Gasteiger partial charge is 0.238 e. The van der Waals surface area contributed by atoms with Gasteiger partial charge in [-0.1, -0.05) is 18.2 Å². The van der Waals surface area contributed by atoms with E-state index < -0.39 is 0 Å². The van der Waals surface area contributed by atoms with Crippen molar-refractivity contribution in [3.05, 3.63) is 30.3 Å². The minimum Gasteiger partial charge on any atom is -0.494 e. The summed E-state index contributed by atoms with van der Waals surface area (Å²) >= 11 is 0. The van der Waals surface area contributed by atoms with Crippen molar-refractivity contribution in [1.29, 1.82) is 0 Å². The predicted molar refractivity (Wildman–Crippen MR) is 123 cm³/mol. The maximum atomic E-state index is 12.7. The molecular formula is C24H37N5O3. The first-order valence-electron chi connectivity index (χ1n) is 12.1. The summed E-state index contributed by atoms with van der Waals surface area (Å²) in [6, 6.07) is 10.4.